The summed E-state index contributed by atoms with van der Waals surface area (Å²) in [5.41, 5.74) is 4.41. The van der Waals surface area contributed by atoms with Crippen LogP contribution in [0.2, 0.25) is 0 Å². The first-order valence-corrected chi connectivity index (χ1v) is 12.0. The molecule has 0 saturated heterocycles. The Bertz CT molecular complexity index is 1510. The molecule has 0 atom stereocenters. The summed E-state index contributed by atoms with van der Waals surface area (Å²) < 4.78 is 17.4. The number of aryl methyl sites for hydroxylation is 2. The maximum atomic E-state index is 13.1. The number of rotatable bonds is 9. The van der Waals surface area contributed by atoms with Crippen LogP contribution in [0.25, 0.3) is 10.9 Å². The maximum Gasteiger partial charge on any atom is 0.327 e. The molecule has 37 heavy (non-hydrogen) atoms. The van der Waals surface area contributed by atoms with E-state index in [4.69, 9.17) is 14.2 Å². The van der Waals surface area contributed by atoms with Crippen LogP contribution in [0, 0.1) is 13.8 Å². The van der Waals surface area contributed by atoms with E-state index in [0.29, 0.717) is 42.5 Å². The molecule has 0 spiro atoms. The van der Waals surface area contributed by atoms with Gasteiger partial charge in [-0.15, -0.1) is 5.10 Å². The number of benzene rings is 2. The maximum absolute atomic E-state index is 13.1. The number of carbonyl (C=O) groups excluding carboxylic acids is 1. The summed E-state index contributed by atoms with van der Waals surface area (Å²) in [6, 6.07) is 11.8. The molecule has 1 aliphatic heterocycles. The minimum atomic E-state index is -0.421. The third kappa shape index (κ3) is 5.46. The number of ether oxygens (including phenoxy) is 3. The van der Waals surface area contributed by atoms with Gasteiger partial charge in [0.05, 0.1) is 18.7 Å². The van der Waals surface area contributed by atoms with Gasteiger partial charge in [-0.25, -0.2) is 4.68 Å². The largest absolute Gasteiger partial charge is 0.465 e. The average molecular weight is 505 g/mol. The van der Waals surface area contributed by atoms with E-state index in [1.54, 1.807) is 6.92 Å². The number of aromatic amines is 1. The van der Waals surface area contributed by atoms with Crippen molar-refractivity contribution in [2.45, 2.75) is 47.0 Å². The predicted molar refractivity (Wildman–Crippen MR) is 134 cm³/mol. The van der Waals surface area contributed by atoms with Crippen molar-refractivity contribution in [3.8, 4) is 11.5 Å². The summed E-state index contributed by atoms with van der Waals surface area (Å²) in [7, 11) is 0. The lowest BCUT2D eigenvalue weighted by Crippen LogP contribution is -2.28. The number of pyridine rings is 1. The minimum Gasteiger partial charge on any atom is -0.465 e. The number of nitrogens with zero attached hydrogens (tertiary/aromatic N) is 5. The Balaban J connectivity index is 1.46. The SMILES string of the molecule is CCOC(=O)Cn1nnnc1CN(Cc1ccc2c(c1)OCO2)Cc1cc2cc(C)cc(C)c2[nH]c1=O. The molecule has 0 radical (unpaired) electrons. The Morgan fingerprint density at radius 1 is 1.11 bits per heavy atom. The fourth-order valence-corrected chi connectivity index (χ4v) is 4.54. The molecule has 192 valence electrons. The molecule has 2 aromatic heterocycles. The van der Waals surface area contributed by atoms with Crippen molar-refractivity contribution in [2.75, 3.05) is 13.4 Å². The molecule has 1 N–H and O–H groups in total. The second kappa shape index (κ2) is 10.4. The molecule has 1 aliphatic rings. The highest BCUT2D eigenvalue weighted by Gasteiger charge is 2.19. The minimum absolute atomic E-state index is 0.0941. The normalized spacial score (nSPS) is 12.4. The zero-order valence-corrected chi connectivity index (χ0v) is 21.0. The molecule has 11 nitrogen and oxygen atoms in total. The van der Waals surface area contributed by atoms with Gasteiger partial charge in [0.15, 0.2) is 17.3 Å². The molecule has 5 rings (SSSR count). The summed E-state index contributed by atoms with van der Waals surface area (Å²) in [5.74, 6) is 1.44. The van der Waals surface area contributed by atoms with Gasteiger partial charge in [0.25, 0.3) is 5.56 Å². The van der Waals surface area contributed by atoms with E-state index in [-0.39, 0.29) is 25.5 Å². The summed E-state index contributed by atoms with van der Waals surface area (Å²) in [4.78, 5) is 30.2. The van der Waals surface area contributed by atoms with Crippen LogP contribution >= 0.6 is 0 Å². The van der Waals surface area contributed by atoms with E-state index in [2.05, 4.69) is 26.6 Å². The van der Waals surface area contributed by atoms with E-state index in [9.17, 15) is 9.59 Å². The van der Waals surface area contributed by atoms with Crippen molar-refractivity contribution in [2.24, 2.45) is 0 Å². The molecule has 0 amide bonds. The molecule has 4 aromatic rings. The zero-order valence-electron chi connectivity index (χ0n) is 21.0. The van der Waals surface area contributed by atoms with Crippen LogP contribution in [-0.2, 0) is 35.7 Å². The van der Waals surface area contributed by atoms with Crippen LogP contribution in [0.3, 0.4) is 0 Å². The van der Waals surface area contributed by atoms with Crippen molar-refractivity contribution < 1.29 is 19.0 Å². The number of fused-ring (bicyclic) bond motifs is 2. The topological polar surface area (TPSA) is 124 Å². The molecule has 3 heterocycles. The molecule has 0 bridgehead atoms. The molecule has 0 fully saturated rings. The zero-order chi connectivity index (χ0) is 25.9. The standard InChI is InChI=1S/C26H28N6O5/c1-4-35-24(33)14-32-23(28-29-30-32)13-31(11-18-5-6-21-22(9-18)37-15-36-21)12-20-10-19-8-16(2)7-17(3)25(19)27-26(20)34/h5-10H,4,11-15H2,1-3H3,(H,27,34). The average Bonchev–Trinajstić information content (AvgIpc) is 3.49. The number of esters is 1. The second-order valence-corrected chi connectivity index (χ2v) is 9.06. The van der Waals surface area contributed by atoms with E-state index in [0.717, 1.165) is 27.6 Å². The van der Waals surface area contributed by atoms with Crippen molar-refractivity contribution in [3.63, 3.8) is 0 Å². The number of carbonyl (C=O) groups is 1. The quantitative estimate of drug-likeness (QED) is 0.343. The van der Waals surface area contributed by atoms with Crippen LogP contribution < -0.4 is 15.0 Å². The summed E-state index contributed by atoms with van der Waals surface area (Å²) in [6.07, 6.45) is 0. The predicted octanol–water partition coefficient (Wildman–Crippen LogP) is 2.63. The number of hydrogen-bond acceptors (Lipinski definition) is 9. The van der Waals surface area contributed by atoms with Crippen molar-refractivity contribution >= 4 is 16.9 Å². The lowest BCUT2D eigenvalue weighted by atomic mass is 10.0. The number of hydrogen-bond donors (Lipinski definition) is 1. The summed E-state index contributed by atoms with van der Waals surface area (Å²) >= 11 is 0. The van der Waals surface area contributed by atoms with Gasteiger partial charge in [-0.2, -0.15) is 0 Å². The fraction of sp³-hybridized carbons (Fsp3) is 0.346. The Morgan fingerprint density at radius 2 is 1.95 bits per heavy atom. The van der Waals surface area contributed by atoms with Gasteiger partial charge in [-0.05, 0) is 72.0 Å². The number of H-pyrrole nitrogens is 1. The van der Waals surface area contributed by atoms with Gasteiger partial charge in [0, 0.05) is 18.7 Å². The lowest BCUT2D eigenvalue weighted by molar-refractivity contribution is -0.144. The highest BCUT2D eigenvalue weighted by atomic mass is 16.7. The van der Waals surface area contributed by atoms with Gasteiger partial charge >= 0.3 is 5.97 Å². The Morgan fingerprint density at radius 3 is 2.78 bits per heavy atom. The molecular formula is C26H28N6O5. The number of nitrogens with one attached hydrogen (secondary N) is 1. The van der Waals surface area contributed by atoms with E-state index < -0.39 is 5.97 Å². The molecule has 0 saturated carbocycles. The van der Waals surface area contributed by atoms with Crippen molar-refractivity contribution in [3.05, 3.63) is 74.8 Å². The first-order valence-electron chi connectivity index (χ1n) is 12.0. The van der Waals surface area contributed by atoms with Crippen molar-refractivity contribution in [1.82, 2.24) is 30.1 Å². The van der Waals surface area contributed by atoms with Gasteiger partial charge in [0.1, 0.15) is 6.54 Å². The molecular weight excluding hydrogens is 476 g/mol. The summed E-state index contributed by atoms with van der Waals surface area (Å²) in [6.45, 7) is 7.25. The highest BCUT2D eigenvalue weighted by Crippen LogP contribution is 2.33. The Kier molecular flexibility index (Phi) is 6.87. The smallest absolute Gasteiger partial charge is 0.327 e. The fourth-order valence-electron chi connectivity index (χ4n) is 4.54. The molecule has 2 aromatic carbocycles. The third-order valence-electron chi connectivity index (χ3n) is 6.16. The molecule has 0 unspecified atom stereocenters. The van der Waals surface area contributed by atoms with Crippen LogP contribution in [-0.4, -0.2) is 49.5 Å². The van der Waals surface area contributed by atoms with Crippen LogP contribution in [0.15, 0.2) is 41.2 Å². The van der Waals surface area contributed by atoms with E-state index in [1.807, 2.05) is 49.1 Å². The molecule has 0 aliphatic carbocycles. The number of aromatic nitrogens is 5. The van der Waals surface area contributed by atoms with Crippen LogP contribution in [0.5, 0.6) is 11.5 Å². The van der Waals surface area contributed by atoms with E-state index in [1.165, 1.54) is 4.68 Å². The van der Waals surface area contributed by atoms with Gasteiger partial charge in [0.2, 0.25) is 6.79 Å². The van der Waals surface area contributed by atoms with Crippen molar-refractivity contribution in [1.29, 1.82) is 0 Å². The third-order valence-corrected chi connectivity index (χ3v) is 6.16. The van der Waals surface area contributed by atoms with Gasteiger partial charge in [-0.3, -0.25) is 14.5 Å². The number of tetrazole rings is 1. The lowest BCUT2D eigenvalue weighted by Gasteiger charge is -2.22. The monoisotopic (exact) mass is 504 g/mol. The van der Waals surface area contributed by atoms with Gasteiger partial charge in [-0.1, -0.05) is 17.7 Å². The highest BCUT2D eigenvalue weighted by molar-refractivity contribution is 5.82. The van der Waals surface area contributed by atoms with Crippen LogP contribution in [0.1, 0.15) is 35.0 Å². The Hall–Kier alpha value is -4.25. The molecule has 11 heteroatoms. The first kappa shape index (κ1) is 24.4. The Labute approximate surface area is 212 Å². The first-order chi connectivity index (χ1) is 17.9. The summed E-state index contributed by atoms with van der Waals surface area (Å²) in [5, 5.41) is 12.8. The second-order valence-electron chi connectivity index (χ2n) is 9.06. The van der Waals surface area contributed by atoms with Gasteiger partial charge < -0.3 is 19.2 Å². The van der Waals surface area contributed by atoms with E-state index >= 15 is 0 Å². The van der Waals surface area contributed by atoms with Crippen LogP contribution in [0.4, 0.5) is 0 Å².